The number of fused-ring (bicyclic) bond motifs is 1. The van der Waals surface area contributed by atoms with Crippen LogP contribution >= 0.6 is 15.9 Å². The van der Waals surface area contributed by atoms with E-state index in [-0.39, 0.29) is 0 Å². The molecule has 1 nitrogen and oxygen atoms in total. The minimum atomic E-state index is 0.911. The molecular weight excluding hydrogens is 286 g/mol. The zero-order valence-electron chi connectivity index (χ0n) is 10.2. The van der Waals surface area contributed by atoms with Crippen LogP contribution in [0.4, 0.5) is 0 Å². The van der Waals surface area contributed by atoms with Gasteiger partial charge in [-0.2, -0.15) is 0 Å². The number of aryl methyl sites for hydroxylation is 1. The molecule has 3 rings (SSSR count). The summed E-state index contributed by atoms with van der Waals surface area (Å²) in [6.07, 6.45) is 2.22. The van der Waals surface area contributed by atoms with Gasteiger partial charge >= 0.3 is 0 Å². The highest BCUT2D eigenvalue weighted by atomic mass is 79.9. The first-order chi connectivity index (χ1) is 8.75. The van der Waals surface area contributed by atoms with Crippen molar-refractivity contribution in [3.8, 4) is 0 Å². The first-order valence-electron chi connectivity index (χ1n) is 6.03. The average Bonchev–Trinajstić information content (AvgIpc) is 2.69. The Labute approximate surface area is 115 Å². The number of aromatic nitrogens is 1. The Morgan fingerprint density at radius 3 is 2.56 bits per heavy atom. The van der Waals surface area contributed by atoms with Crippen molar-refractivity contribution in [2.45, 2.75) is 13.5 Å². The van der Waals surface area contributed by atoms with Gasteiger partial charge in [0.2, 0.25) is 0 Å². The van der Waals surface area contributed by atoms with Crippen LogP contribution < -0.4 is 0 Å². The summed E-state index contributed by atoms with van der Waals surface area (Å²) in [5, 5.41) is 1.32. The summed E-state index contributed by atoms with van der Waals surface area (Å²) in [6.45, 7) is 3.07. The van der Waals surface area contributed by atoms with Crippen molar-refractivity contribution in [3.63, 3.8) is 0 Å². The molecule has 0 unspecified atom stereocenters. The molecule has 3 aromatic rings. The van der Waals surface area contributed by atoms with Crippen LogP contribution in [-0.4, -0.2) is 4.57 Å². The first-order valence-corrected chi connectivity index (χ1v) is 6.83. The van der Waals surface area contributed by atoms with E-state index in [9.17, 15) is 0 Å². The second-order valence-corrected chi connectivity index (χ2v) is 5.42. The van der Waals surface area contributed by atoms with Crippen LogP contribution in [0.3, 0.4) is 0 Å². The molecule has 0 saturated carbocycles. The third kappa shape index (κ3) is 1.97. The summed E-state index contributed by atoms with van der Waals surface area (Å²) < 4.78 is 3.47. The van der Waals surface area contributed by atoms with Gasteiger partial charge in [-0.25, -0.2) is 0 Å². The molecule has 0 aliphatic heterocycles. The minimum Gasteiger partial charge on any atom is -0.342 e. The highest BCUT2D eigenvalue weighted by molar-refractivity contribution is 9.10. The van der Waals surface area contributed by atoms with Gasteiger partial charge in [0, 0.05) is 22.6 Å². The Kier molecular flexibility index (Phi) is 2.96. The molecule has 0 bridgehead atoms. The van der Waals surface area contributed by atoms with Crippen LogP contribution in [-0.2, 0) is 6.54 Å². The lowest BCUT2D eigenvalue weighted by atomic mass is 10.2. The van der Waals surface area contributed by atoms with E-state index in [1.165, 1.54) is 22.0 Å². The molecule has 0 amide bonds. The Morgan fingerprint density at radius 2 is 1.78 bits per heavy atom. The zero-order valence-corrected chi connectivity index (χ0v) is 11.8. The second-order valence-electron chi connectivity index (χ2n) is 4.56. The van der Waals surface area contributed by atoms with Crippen LogP contribution in [0.2, 0.25) is 0 Å². The number of hydrogen-bond acceptors (Lipinski definition) is 0. The fraction of sp³-hybridized carbons (Fsp3) is 0.125. The molecule has 2 heteroatoms. The number of para-hydroxylation sites is 1. The molecule has 0 N–H and O–H groups in total. The fourth-order valence-corrected chi connectivity index (χ4v) is 2.99. The average molecular weight is 300 g/mol. The maximum Gasteiger partial charge on any atom is 0.0630 e. The molecule has 18 heavy (non-hydrogen) atoms. The van der Waals surface area contributed by atoms with E-state index in [1.807, 2.05) is 0 Å². The Morgan fingerprint density at radius 1 is 1.00 bits per heavy atom. The maximum absolute atomic E-state index is 3.65. The topological polar surface area (TPSA) is 4.93 Å². The molecule has 0 spiro atoms. The number of benzene rings is 2. The van der Waals surface area contributed by atoms with Crippen molar-refractivity contribution in [1.29, 1.82) is 0 Å². The summed E-state index contributed by atoms with van der Waals surface area (Å²) in [5.74, 6) is 0. The Balaban J connectivity index is 2.13. The van der Waals surface area contributed by atoms with E-state index in [4.69, 9.17) is 0 Å². The van der Waals surface area contributed by atoms with E-state index < -0.39 is 0 Å². The summed E-state index contributed by atoms with van der Waals surface area (Å²) >= 11 is 3.65. The number of halogens is 1. The van der Waals surface area contributed by atoms with Gasteiger partial charge in [0.1, 0.15) is 0 Å². The van der Waals surface area contributed by atoms with Crippen LogP contribution in [0.25, 0.3) is 10.9 Å². The van der Waals surface area contributed by atoms with Crippen LogP contribution in [0, 0.1) is 6.92 Å². The Hall–Kier alpha value is -1.54. The predicted molar refractivity (Wildman–Crippen MR) is 79.9 cm³/mol. The van der Waals surface area contributed by atoms with Crippen molar-refractivity contribution < 1.29 is 0 Å². The van der Waals surface area contributed by atoms with Gasteiger partial charge in [0.15, 0.2) is 0 Å². The summed E-state index contributed by atoms with van der Waals surface area (Å²) in [4.78, 5) is 0. The van der Waals surface area contributed by atoms with E-state index in [1.54, 1.807) is 0 Å². The molecule has 2 aromatic carbocycles. The summed E-state index contributed by atoms with van der Waals surface area (Å²) in [6, 6.07) is 16.9. The predicted octanol–water partition coefficient (Wildman–Crippen LogP) is 4.76. The van der Waals surface area contributed by atoms with Gasteiger partial charge in [-0.1, -0.05) is 42.5 Å². The fourth-order valence-electron chi connectivity index (χ4n) is 2.40. The van der Waals surface area contributed by atoms with Crippen LogP contribution in [0.1, 0.15) is 11.1 Å². The normalized spacial score (nSPS) is 11.0. The molecule has 0 fully saturated rings. The molecule has 1 heterocycles. The SMILES string of the molecule is Cc1cn(Cc2ccccc2)c2c(Br)cccc12. The van der Waals surface area contributed by atoms with Gasteiger partial charge in [0.25, 0.3) is 0 Å². The molecule has 0 atom stereocenters. The zero-order chi connectivity index (χ0) is 12.5. The van der Waals surface area contributed by atoms with Gasteiger partial charge < -0.3 is 4.57 Å². The first kappa shape index (κ1) is 11.5. The Bertz CT molecular complexity index is 683. The second kappa shape index (κ2) is 4.62. The third-order valence-electron chi connectivity index (χ3n) is 3.24. The third-order valence-corrected chi connectivity index (χ3v) is 3.88. The maximum atomic E-state index is 3.65. The number of nitrogens with zero attached hydrogens (tertiary/aromatic N) is 1. The largest absolute Gasteiger partial charge is 0.342 e. The smallest absolute Gasteiger partial charge is 0.0630 e. The van der Waals surface area contributed by atoms with Crippen molar-refractivity contribution in [2.24, 2.45) is 0 Å². The molecule has 0 saturated heterocycles. The van der Waals surface area contributed by atoms with E-state index in [0.717, 1.165) is 11.0 Å². The standard InChI is InChI=1S/C16H14BrN/c1-12-10-18(11-13-6-3-2-4-7-13)16-14(12)8-5-9-15(16)17/h2-10H,11H2,1H3. The van der Waals surface area contributed by atoms with E-state index >= 15 is 0 Å². The van der Waals surface area contributed by atoms with E-state index in [2.05, 4.69) is 82.1 Å². The van der Waals surface area contributed by atoms with Gasteiger partial charge in [-0.3, -0.25) is 0 Å². The van der Waals surface area contributed by atoms with Gasteiger partial charge in [-0.15, -0.1) is 0 Å². The molecular formula is C16H14BrN. The monoisotopic (exact) mass is 299 g/mol. The van der Waals surface area contributed by atoms with Crippen molar-refractivity contribution in [1.82, 2.24) is 4.57 Å². The van der Waals surface area contributed by atoms with Crippen molar-refractivity contribution in [2.75, 3.05) is 0 Å². The lowest BCUT2D eigenvalue weighted by molar-refractivity contribution is 0.833. The van der Waals surface area contributed by atoms with Crippen molar-refractivity contribution >= 4 is 26.8 Å². The minimum absolute atomic E-state index is 0.911. The molecule has 0 radical (unpaired) electrons. The summed E-state index contributed by atoms with van der Waals surface area (Å²) in [5.41, 5.74) is 3.92. The highest BCUT2D eigenvalue weighted by Crippen LogP contribution is 2.28. The highest BCUT2D eigenvalue weighted by Gasteiger charge is 2.08. The molecule has 0 aliphatic carbocycles. The van der Waals surface area contributed by atoms with Crippen molar-refractivity contribution in [3.05, 3.63) is 70.3 Å². The van der Waals surface area contributed by atoms with Gasteiger partial charge in [0.05, 0.1) is 5.52 Å². The quantitative estimate of drug-likeness (QED) is 0.643. The number of rotatable bonds is 2. The van der Waals surface area contributed by atoms with Gasteiger partial charge in [-0.05, 0) is 40.0 Å². The lowest BCUT2D eigenvalue weighted by Gasteiger charge is -2.06. The molecule has 90 valence electrons. The summed E-state index contributed by atoms with van der Waals surface area (Å²) in [7, 11) is 0. The van der Waals surface area contributed by atoms with E-state index in [0.29, 0.717) is 0 Å². The molecule has 0 aliphatic rings. The van der Waals surface area contributed by atoms with Crippen LogP contribution in [0.5, 0.6) is 0 Å². The number of hydrogen-bond donors (Lipinski definition) is 0. The van der Waals surface area contributed by atoms with Crippen LogP contribution in [0.15, 0.2) is 59.2 Å². The lowest BCUT2D eigenvalue weighted by Crippen LogP contribution is -1.97. The molecule has 1 aromatic heterocycles.